The van der Waals surface area contributed by atoms with Gasteiger partial charge in [0.15, 0.2) is 0 Å². The smallest absolute Gasteiger partial charge is 0.00201 e. The molecule has 3 N–H and O–H groups in total. The van der Waals surface area contributed by atoms with Gasteiger partial charge in [0.05, 0.1) is 0 Å². The second-order valence-corrected chi connectivity index (χ2v) is 6.22. The molecule has 2 heteroatoms. The van der Waals surface area contributed by atoms with E-state index in [1.807, 2.05) is 0 Å². The van der Waals surface area contributed by atoms with E-state index in [0.717, 1.165) is 13.1 Å². The average Bonchev–Trinajstić information content (AvgIpc) is 2.72. The van der Waals surface area contributed by atoms with Gasteiger partial charge >= 0.3 is 0 Å². The highest BCUT2D eigenvalue weighted by atomic mass is 14.9. The summed E-state index contributed by atoms with van der Waals surface area (Å²) in [5, 5.41) is 3.73. The van der Waals surface area contributed by atoms with E-state index >= 15 is 0 Å². The first-order valence-corrected chi connectivity index (χ1v) is 7.15. The van der Waals surface area contributed by atoms with Crippen LogP contribution >= 0.6 is 0 Å². The van der Waals surface area contributed by atoms with Crippen molar-refractivity contribution in [2.75, 3.05) is 19.6 Å². The molecule has 0 aromatic heterocycles. The van der Waals surface area contributed by atoms with Crippen molar-refractivity contribution in [3.8, 4) is 0 Å². The van der Waals surface area contributed by atoms with E-state index in [0.29, 0.717) is 10.8 Å². The van der Waals surface area contributed by atoms with Gasteiger partial charge in [-0.3, -0.25) is 0 Å². The van der Waals surface area contributed by atoms with E-state index in [4.69, 9.17) is 5.73 Å². The molecule has 2 nitrogen and oxygen atoms in total. The average molecular weight is 224 g/mol. The lowest BCUT2D eigenvalue weighted by molar-refractivity contribution is 0.117. The van der Waals surface area contributed by atoms with Crippen LogP contribution in [0.1, 0.15) is 58.3 Å². The second kappa shape index (κ2) is 5.05. The molecule has 2 aliphatic carbocycles. The van der Waals surface area contributed by atoms with Crippen LogP contribution in [0.15, 0.2) is 0 Å². The summed E-state index contributed by atoms with van der Waals surface area (Å²) in [6.07, 6.45) is 11.1. The Labute approximate surface area is 100 Å². The highest BCUT2D eigenvalue weighted by Gasteiger charge is 2.36. The monoisotopic (exact) mass is 224 g/mol. The fraction of sp³-hybridized carbons (Fsp3) is 1.00. The normalized spacial score (nSPS) is 26.6. The zero-order valence-electron chi connectivity index (χ0n) is 10.9. The third-order valence-electron chi connectivity index (χ3n) is 5.26. The minimum Gasteiger partial charge on any atom is -0.330 e. The fourth-order valence-corrected chi connectivity index (χ4v) is 3.50. The fourth-order valence-electron chi connectivity index (χ4n) is 3.50. The molecule has 0 unspecified atom stereocenters. The topological polar surface area (TPSA) is 38.0 Å². The van der Waals surface area contributed by atoms with Crippen LogP contribution in [-0.2, 0) is 0 Å². The van der Waals surface area contributed by atoms with Gasteiger partial charge in [0.1, 0.15) is 0 Å². The first-order valence-electron chi connectivity index (χ1n) is 7.15. The minimum atomic E-state index is 0.443. The van der Waals surface area contributed by atoms with Crippen LogP contribution < -0.4 is 11.1 Å². The summed E-state index contributed by atoms with van der Waals surface area (Å²) in [6, 6.07) is 0. The van der Waals surface area contributed by atoms with E-state index in [1.54, 1.807) is 0 Å². The van der Waals surface area contributed by atoms with Gasteiger partial charge in [0.25, 0.3) is 0 Å². The molecule has 0 aromatic carbocycles. The van der Waals surface area contributed by atoms with Gasteiger partial charge in [-0.05, 0) is 49.5 Å². The zero-order valence-corrected chi connectivity index (χ0v) is 10.9. The van der Waals surface area contributed by atoms with Crippen molar-refractivity contribution in [2.45, 2.75) is 58.3 Å². The maximum Gasteiger partial charge on any atom is 0.00201 e. The van der Waals surface area contributed by atoms with Gasteiger partial charge in [-0.2, -0.15) is 0 Å². The zero-order chi connectivity index (χ0) is 11.5. The molecule has 2 rings (SSSR count). The van der Waals surface area contributed by atoms with Crippen molar-refractivity contribution in [1.29, 1.82) is 0 Å². The van der Waals surface area contributed by atoms with Crippen LogP contribution in [0.2, 0.25) is 0 Å². The first-order chi connectivity index (χ1) is 7.74. The van der Waals surface area contributed by atoms with Crippen molar-refractivity contribution >= 4 is 0 Å². The molecule has 2 aliphatic rings. The molecule has 0 aromatic rings. The molecule has 0 amide bonds. The van der Waals surface area contributed by atoms with Gasteiger partial charge in [0.2, 0.25) is 0 Å². The highest BCUT2D eigenvalue weighted by molar-refractivity contribution is 4.91. The summed E-state index contributed by atoms with van der Waals surface area (Å²) < 4.78 is 0. The summed E-state index contributed by atoms with van der Waals surface area (Å²) in [5.74, 6) is 0. The van der Waals surface area contributed by atoms with Gasteiger partial charge in [0, 0.05) is 13.1 Å². The molecule has 0 spiro atoms. The van der Waals surface area contributed by atoms with Crippen molar-refractivity contribution in [2.24, 2.45) is 16.6 Å². The maximum absolute atomic E-state index is 5.96. The van der Waals surface area contributed by atoms with Crippen LogP contribution in [0.4, 0.5) is 0 Å². The van der Waals surface area contributed by atoms with E-state index in [-0.39, 0.29) is 0 Å². The Morgan fingerprint density at radius 3 is 1.94 bits per heavy atom. The van der Waals surface area contributed by atoms with Crippen LogP contribution in [0.5, 0.6) is 0 Å². The molecule has 0 radical (unpaired) electrons. The molecule has 2 fully saturated rings. The number of nitrogens with two attached hydrogens (primary N) is 1. The summed E-state index contributed by atoms with van der Waals surface area (Å²) in [7, 11) is 0. The second-order valence-electron chi connectivity index (χ2n) is 6.22. The van der Waals surface area contributed by atoms with Crippen molar-refractivity contribution in [3.05, 3.63) is 0 Å². The molecular weight excluding hydrogens is 196 g/mol. The highest BCUT2D eigenvalue weighted by Crippen LogP contribution is 2.43. The van der Waals surface area contributed by atoms with Crippen LogP contribution in [0, 0.1) is 10.8 Å². The maximum atomic E-state index is 5.96. The lowest BCUT2D eigenvalue weighted by atomic mass is 9.67. The lowest BCUT2D eigenvalue weighted by Crippen LogP contribution is -2.45. The Hall–Kier alpha value is -0.0800. The molecule has 0 aliphatic heterocycles. The number of hydrogen-bond acceptors (Lipinski definition) is 2. The largest absolute Gasteiger partial charge is 0.330 e. The van der Waals surface area contributed by atoms with E-state index in [2.05, 4.69) is 12.2 Å². The summed E-state index contributed by atoms with van der Waals surface area (Å²) >= 11 is 0. The van der Waals surface area contributed by atoms with Crippen LogP contribution in [0.25, 0.3) is 0 Å². The van der Waals surface area contributed by atoms with Crippen molar-refractivity contribution < 1.29 is 0 Å². The van der Waals surface area contributed by atoms with E-state index in [1.165, 1.54) is 57.9 Å². The lowest BCUT2D eigenvalue weighted by Gasteiger charge is -2.42. The molecule has 2 saturated carbocycles. The van der Waals surface area contributed by atoms with Crippen molar-refractivity contribution in [3.63, 3.8) is 0 Å². The Balaban J connectivity index is 1.74. The Morgan fingerprint density at radius 2 is 1.50 bits per heavy atom. The van der Waals surface area contributed by atoms with E-state index in [9.17, 15) is 0 Å². The molecule has 0 atom stereocenters. The molecule has 0 heterocycles. The Morgan fingerprint density at radius 1 is 0.938 bits per heavy atom. The van der Waals surface area contributed by atoms with Gasteiger partial charge in [-0.1, -0.05) is 26.2 Å². The summed E-state index contributed by atoms with van der Waals surface area (Å²) in [4.78, 5) is 0. The van der Waals surface area contributed by atoms with E-state index < -0.39 is 0 Å². The van der Waals surface area contributed by atoms with Gasteiger partial charge in [-0.25, -0.2) is 0 Å². The third kappa shape index (κ3) is 2.43. The third-order valence-corrected chi connectivity index (χ3v) is 5.26. The Bertz CT molecular complexity index is 209. The first kappa shape index (κ1) is 12.4. The minimum absolute atomic E-state index is 0.443. The molecule has 0 bridgehead atoms. The van der Waals surface area contributed by atoms with Crippen LogP contribution in [-0.4, -0.2) is 19.6 Å². The quantitative estimate of drug-likeness (QED) is 0.728. The van der Waals surface area contributed by atoms with Crippen molar-refractivity contribution in [1.82, 2.24) is 5.32 Å². The predicted octanol–water partition coefficient (Wildman–Crippen LogP) is 2.68. The van der Waals surface area contributed by atoms with Gasteiger partial charge in [-0.15, -0.1) is 0 Å². The summed E-state index contributed by atoms with van der Waals surface area (Å²) in [6.45, 7) is 5.60. The number of nitrogens with one attached hydrogen (secondary N) is 1. The van der Waals surface area contributed by atoms with Gasteiger partial charge < -0.3 is 11.1 Å². The molecule has 0 saturated heterocycles. The van der Waals surface area contributed by atoms with Crippen LogP contribution in [0.3, 0.4) is 0 Å². The summed E-state index contributed by atoms with van der Waals surface area (Å²) in [5.41, 5.74) is 7.05. The predicted molar refractivity (Wildman–Crippen MR) is 69.4 cm³/mol. The standard InChI is InChI=1S/C14H28N2/c1-2-13(8-5-9-13)11-16-12-14(10-15)6-3-4-7-14/h16H,2-12,15H2,1H3. The Kier molecular flexibility index (Phi) is 3.91. The molecule has 94 valence electrons. The molecule has 16 heavy (non-hydrogen) atoms. The molecular formula is C14H28N2. The SMILES string of the molecule is CCC1(CNCC2(CN)CCCC2)CCC1. The number of hydrogen-bond donors (Lipinski definition) is 2. The number of rotatable bonds is 6.